The minimum atomic E-state index is -3.98. The van der Waals surface area contributed by atoms with Crippen LogP contribution in [0.1, 0.15) is 30.0 Å². The van der Waals surface area contributed by atoms with Gasteiger partial charge in [-0.05, 0) is 72.9 Å². The highest BCUT2D eigenvalue weighted by Crippen LogP contribution is 2.32. The molecule has 33 heavy (non-hydrogen) atoms. The van der Waals surface area contributed by atoms with Gasteiger partial charge in [0, 0.05) is 5.02 Å². The number of carbonyl (C=O) groups excluding carboxylic acids is 1. The van der Waals surface area contributed by atoms with Crippen molar-refractivity contribution in [3.05, 3.63) is 88.9 Å². The summed E-state index contributed by atoms with van der Waals surface area (Å²) in [5, 5.41) is 3.42. The second-order valence-corrected chi connectivity index (χ2v) is 10.2. The SMILES string of the molecule is COc1ccc2c(c1)CCCC2NC(=O)CN(c1cccc(Cl)c1)S(=O)(=O)c1ccccc1. The molecule has 1 atom stereocenters. The second kappa shape index (κ2) is 9.85. The van der Waals surface area contributed by atoms with E-state index in [-0.39, 0.29) is 23.4 Å². The molecule has 6 nitrogen and oxygen atoms in total. The Kier molecular flexibility index (Phi) is 6.91. The van der Waals surface area contributed by atoms with Crippen molar-refractivity contribution in [1.29, 1.82) is 0 Å². The third kappa shape index (κ3) is 5.15. The van der Waals surface area contributed by atoms with Gasteiger partial charge in [-0.2, -0.15) is 0 Å². The van der Waals surface area contributed by atoms with Gasteiger partial charge in [0.1, 0.15) is 12.3 Å². The van der Waals surface area contributed by atoms with Crippen LogP contribution >= 0.6 is 11.6 Å². The van der Waals surface area contributed by atoms with Crippen LogP contribution in [-0.4, -0.2) is 28.0 Å². The third-order valence-corrected chi connectivity index (χ3v) is 7.74. The highest BCUT2D eigenvalue weighted by atomic mass is 35.5. The van der Waals surface area contributed by atoms with E-state index in [0.717, 1.165) is 40.4 Å². The first kappa shape index (κ1) is 23.1. The normalized spacial score (nSPS) is 15.4. The van der Waals surface area contributed by atoms with Crippen molar-refractivity contribution in [3.63, 3.8) is 0 Å². The minimum Gasteiger partial charge on any atom is -0.497 e. The van der Waals surface area contributed by atoms with E-state index in [2.05, 4.69) is 5.32 Å². The van der Waals surface area contributed by atoms with Gasteiger partial charge in [0.25, 0.3) is 10.0 Å². The molecule has 0 saturated carbocycles. The van der Waals surface area contributed by atoms with Crippen molar-refractivity contribution in [3.8, 4) is 5.75 Å². The fourth-order valence-electron chi connectivity index (χ4n) is 4.10. The molecule has 3 aromatic rings. The first-order chi connectivity index (χ1) is 15.9. The fraction of sp³-hybridized carbons (Fsp3) is 0.240. The van der Waals surface area contributed by atoms with Crippen LogP contribution in [0.25, 0.3) is 0 Å². The molecule has 1 aliphatic rings. The lowest BCUT2D eigenvalue weighted by Crippen LogP contribution is -2.42. The highest BCUT2D eigenvalue weighted by Gasteiger charge is 2.29. The summed E-state index contributed by atoms with van der Waals surface area (Å²) in [6.45, 7) is -0.362. The summed E-state index contributed by atoms with van der Waals surface area (Å²) in [5.74, 6) is 0.393. The Morgan fingerprint density at radius 2 is 1.88 bits per heavy atom. The summed E-state index contributed by atoms with van der Waals surface area (Å²) in [5.41, 5.74) is 2.50. The maximum absolute atomic E-state index is 13.4. The number of carbonyl (C=O) groups is 1. The molecule has 0 fully saturated rings. The zero-order chi connectivity index (χ0) is 23.4. The number of nitrogens with zero attached hydrogens (tertiary/aromatic N) is 1. The van der Waals surface area contributed by atoms with Gasteiger partial charge in [-0.25, -0.2) is 8.42 Å². The predicted octanol–water partition coefficient (Wildman–Crippen LogP) is 4.74. The van der Waals surface area contributed by atoms with Crippen LogP contribution in [0.3, 0.4) is 0 Å². The standard InChI is InChI=1S/C25H25ClN2O4S/c1-32-21-13-14-23-18(15-21)7-5-12-24(23)27-25(29)17-28(20-9-6-8-19(26)16-20)33(30,31)22-10-3-2-4-11-22/h2-4,6,8-11,13-16,24H,5,7,12,17H2,1H3,(H,27,29). The zero-order valence-corrected chi connectivity index (χ0v) is 19.8. The van der Waals surface area contributed by atoms with Crippen LogP contribution in [0.4, 0.5) is 5.69 Å². The van der Waals surface area contributed by atoms with Crippen LogP contribution < -0.4 is 14.4 Å². The molecule has 0 bridgehead atoms. The van der Waals surface area contributed by atoms with Crippen molar-refractivity contribution in [2.75, 3.05) is 18.0 Å². The molecule has 4 rings (SSSR count). The molecular formula is C25H25ClN2O4S. The quantitative estimate of drug-likeness (QED) is 0.525. The molecule has 0 spiro atoms. The Morgan fingerprint density at radius 3 is 2.61 bits per heavy atom. The maximum atomic E-state index is 13.4. The smallest absolute Gasteiger partial charge is 0.264 e. The summed E-state index contributed by atoms with van der Waals surface area (Å²) in [4.78, 5) is 13.2. The van der Waals surface area contributed by atoms with Gasteiger partial charge in [0.15, 0.2) is 0 Å². The van der Waals surface area contributed by atoms with Crippen molar-refractivity contribution < 1.29 is 17.9 Å². The van der Waals surface area contributed by atoms with Crippen LogP contribution in [-0.2, 0) is 21.2 Å². The van der Waals surface area contributed by atoms with Gasteiger partial charge in [0.05, 0.1) is 23.7 Å². The van der Waals surface area contributed by atoms with Gasteiger partial charge >= 0.3 is 0 Å². The Hall–Kier alpha value is -3.03. The van der Waals surface area contributed by atoms with Crippen molar-refractivity contribution >= 4 is 33.2 Å². The average molecular weight is 485 g/mol. The molecule has 1 amide bonds. The van der Waals surface area contributed by atoms with E-state index in [9.17, 15) is 13.2 Å². The van der Waals surface area contributed by atoms with E-state index >= 15 is 0 Å². The van der Waals surface area contributed by atoms with Crippen molar-refractivity contribution in [1.82, 2.24) is 5.32 Å². The summed E-state index contributed by atoms with van der Waals surface area (Å²) >= 11 is 6.13. The number of fused-ring (bicyclic) bond motifs is 1. The number of amides is 1. The van der Waals surface area contributed by atoms with Gasteiger partial charge < -0.3 is 10.1 Å². The van der Waals surface area contributed by atoms with E-state index in [1.54, 1.807) is 43.5 Å². The van der Waals surface area contributed by atoms with Gasteiger partial charge in [-0.15, -0.1) is 0 Å². The van der Waals surface area contributed by atoms with E-state index in [4.69, 9.17) is 16.3 Å². The summed E-state index contributed by atoms with van der Waals surface area (Å²) in [6.07, 6.45) is 2.62. The number of hydrogen-bond donors (Lipinski definition) is 1. The molecule has 8 heteroatoms. The summed E-state index contributed by atoms with van der Waals surface area (Å²) in [6, 6.07) is 20.2. The average Bonchev–Trinajstić information content (AvgIpc) is 2.83. The number of rotatable bonds is 7. The van der Waals surface area contributed by atoms with Crippen LogP contribution in [0.5, 0.6) is 5.75 Å². The van der Waals surface area contributed by atoms with E-state index in [0.29, 0.717) is 10.7 Å². The summed E-state index contributed by atoms with van der Waals surface area (Å²) in [7, 11) is -2.35. The Morgan fingerprint density at radius 1 is 1.09 bits per heavy atom. The molecule has 0 heterocycles. The first-order valence-electron chi connectivity index (χ1n) is 10.7. The van der Waals surface area contributed by atoms with Crippen molar-refractivity contribution in [2.45, 2.75) is 30.2 Å². The van der Waals surface area contributed by atoms with E-state index in [1.807, 2.05) is 18.2 Å². The molecule has 0 saturated heterocycles. The van der Waals surface area contributed by atoms with Crippen molar-refractivity contribution in [2.24, 2.45) is 0 Å². The number of halogens is 1. The number of nitrogens with one attached hydrogen (secondary N) is 1. The molecule has 0 aromatic heterocycles. The number of benzene rings is 3. The molecule has 3 aromatic carbocycles. The van der Waals surface area contributed by atoms with Crippen LogP contribution in [0.2, 0.25) is 5.02 Å². The number of hydrogen-bond acceptors (Lipinski definition) is 4. The third-order valence-electron chi connectivity index (χ3n) is 5.71. The number of anilines is 1. The topological polar surface area (TPSA) is 75.7 Å². The number of sulfonamides is 1. The Bertz CT molecular complexity index is 1250. The number of ether oxygens (including phenoxy) is 1. The number of aryl methyl sites for hydroxylation is 1. The van der Waals surface area contributed by atoms with Gasteiger partial charge in [0.2, 0.25) is 5.91 Å². The van der Waals surface area contributed by atoms with Crippen LogP contribution in [0.15, 0.2) is 77.7 Å². The molecule has 172 valence electrons. The molecule has 0 radical (unpaired) electrons. The highest BCUT2D eigenvalue weighted by molar-refractivity contribution is 7.92. The second-order valence-electron chi connectivity index (χ2n) is 7.88. The van der Waals surface area contributed by atoms with E-state index in [1.165, 1.54) is 18.2 Å². The zero-order valence-electron chi connectivity index (χ0n) is 18.2. The Balaban J connectivity index is 1.61. The molecular weight excluding hydrogens is 460 g/mol. The molecule has 0 aliphatic heterocycles. The molecule has 1 N–H and O–H groups in total. The Labute approximate surface area is 199 Å². The minimum absolute atomic E-state index is 0.105. The number of methoxy groups -OCH3 is 1. The molecule has 1 unspecified atom stereocenters. The van der Waals surface area contributed by atoms with Gasteiger partial charge in [-0.1, -0.05) is 41.9 Å². The lowest BCUT2D eigenvalue weighted by Gasteiger charge is -2.29. The molecule has 1 aliphatic carbocycles. The van der Waals surface area contributed by atoms with E-state index < -0.39 is 10.0 Å². The first-order valence-corrected chi connectivity index (χ1v) is 12.5. The fourth-order valence-corrected chi connectivity index (χ4v) is 5.72. The predicted molar refractivity (Wildman–Crippen MR) is 129 cm³/mol. The lowest BCUT2D eigenvalue weighted by molar-refractivity contribution is -0.120. The summed E-state index contributed by atoms with van der Waals surface area (Å²) < 4.78 is 33.3. The van der Waals surface area contributed by atoms with Gasteiger partial charge in [-0.3, -0.25) is 9.10 Å². The van der Waals surface area contributed by atoms with Crippen LogP contribution in [0, 0.1) is 0 Å². The lowest BCUT2D eigenvalue weighted by atomic mass is 9.87. The monoisotopic (exact) mass is 484 g/mol. The largest absolute Gasteiger partial charge is 0.497 e. The maximum Gasteiger partial charge on any atom is 0.264 e.